The Morgan fingerprint density at radius 1 is 1.10 bits per heavy atom. The first-order valence-corrected chi connectivity index (χ1v) is 12.6. The van der Waals surface area contributed by atoms with Gasteiger partial charge in [-0.2, -0.15) is 4.31 Å². The minimum atomic E-state index is -3.62. The second-order valence-corrected chi connectivity index (χ2v) is 10.6. The number of sulfonamides is 1. The van der Waals surface area contributed by atoms with Crippen molar-refractivity contribution in [2.75, 3.05) is 26.2 Å². The number of hydrogen-bond donors (Lipinski definition) is 0. The van der Waals surface area contributed by atoms with Crippen LogP contribution in [-0.4, -0.2) is 54.6 Å². The normalized spacial score (nSPS) is 15.8. The molecule has 3 aromatic rings. The third-order valence-electron chi connectivity index (χ3n) is 5.25. The quantitative estimate of drug-likeness (QED) is 0.500. The zero-order valence-electron chi connectivity index (χ0n) is 17.0. The molecule has 0 bridgehead atoms. The molecular formula is C22H22ClN3O3S2. The van der Waals surface area contributed by atoms with Crippen molar-refractivity contribution in [2.45, 2.75) is 18.4 Å². The highest BCUT2D eigenvalue weighted by molar-refractivity contribution is 7.89. The molecule has 0 aliphatic carbocycles. The van der Waals surface area contributed by atoms with Crippen LogP contribution in [0.2, 0.25) is 5.02 Å². The topological polar surface area (TPSA) is 70.6 Å². The molecule has 0 radical (unpaired) electrons. The highest BCUT2D eigenvalue weighted by Gasteiger charge is 2.29. The van der Waals surface area contributed by atoms with Crippen molar-refractivity contribution in [1.29, 1.82) is 0 Å². The van der Waals surface area contributed by atoms with Gasteiger partial charge >= 0.3 is 0 Å². The Morgan fingerprint density at radius 3 is 2.55 bits per heavy atom. The van der Waals surface area contributed by atoms with Crippen LogP contribution < -0.4 is 0 Å². The third kappa shape index (κ3) is 4.88. The van der Waals surface area contributed by atoms with Crippen LogP contribution in [0, 0.1) is 0 Å². The third-order valence-corrected chi connectivity index (χ3v) is 8.40. The summed E-state index contributed by atoms with van der Waals surface area (Å²) in [6.45, 7) is 4.12. The van der Waals surface area contributed by atoms with Gasteiger partial charge in [-0.25, -0.2) is 13.4 Å². The Labute approximate surface area is 191 Å². The lowest BCUT2D eigenvalue weighted by Gasteiger charge is -2.33. The van der Waals surface area contributed by atoms with E-state index in [9.17, 15) is 13.2 Å². The number of nitrogens with zero attached hydrogens (tertiary/aromatic N) is 3. The number of carbonyl (C=O) groups is 1. The minimum Gasteiger partial charge on any atom is -0.295 e. The van der Waals surface area contributed by atoms with Crippen LogP contribution in [-0.2, 0) is 16.6 Å². The number of thiazole rings is 1. The molecule has 162 valence electrons. The fourth-order valence-corrected chi connectivity index (χ4v) is 6.12. The van der Waals surface area contributed by atoms with E-state index in [2.05, 4.69) is 4.90 Å². The largest absolute Gasteiger partial charge is 0.295 e. The van der Waals surface area contributed by atoms with E-state index in [4.69, 9.17) is 16.6 Å². The van der Waals surface area contributed by atoms with Gasteiger partial charge in [0.2, 0.25) is 10.0 Å². The van der Waals surface area contributed by atoms with Gasteiger partial charge in [-0.1, -0.05) is 41.9 Å². The number of hydrogen-bond acceptors (Lipinski definition) is 6. The summed E-state index contributed by atoms with van der Waals surface area (Å²) in [5.41, 5.74) is 2.27. The summed E-state index contributed by atoms with van der Waals surface area (Å²) in [5, 5.41) is 3.58. The maximum atomic E-state index is 13.0. The molecule has 2 aromatic carbocycles. The summed E-state index contributed by atoms with van der Waals surface area (Å²) in [6, 6.07) is 13.9. The van der Waals surface area contributed by atoms with Crippen LogP contribution >= 0.6 is 22.9 Å². The minimum absolute atomic E-state index is 0.152. The number of ketones is 1. The number of carbonyl (C=O) groups excluding carboxylic acids is 1. The van der Waals surface area contributed by atoms with Crippen LogP contribution in [0.25, 0.3) is 10.6 Å². The van der Waals surface area contributed by atoms with Crippen LogP contribution in [0.3, 0.4) is 0 Å². The number of halogens is 1. The Hall–Kier alpha value is -2.10. The van der Waals surface area contributed by atoms with E-state index in [1.165, 1.54) is 17.3 Å². The fraction of sp³-hybridized carbons (Fsp3) is 0.273. The van der Waals surface area contributed by atoms with Crippen molar-refractivity contribution in [3.8, 4) is 10.6 Å². The van der Waals surface area contributed by atoms with Crippen molar-refractivity contribution in [3.63, 3.8) is 0 Å². The van der Waals surface area contributed by atoms with Crippen LogP contribution in [0.5, 0.6) is 0 Å². The van der Waals surface area contributed by atoms with Crippen molar-refractivity contribution >= 4 is 38.7 Å². The lowest BCUT2D eigenvalue weighted by molar-refractivity contribution is 0.101. The van der Waals surface area contributed by atoms with E-state index in [-0.39, 0.29) is 10.7 Å². The number of aromatic nitrogens is 1. The predicted molar refractivity (Wildman–Crippen MR) is 123 cm³/mol. The van der Waals surface area contributed by atoms with Gasteiger partial charge in [-0.3, -0.25) is 9.69 Å². The van der Waals surface area contributed by atoms with Gasteiger partial charge in [0.1, 0.15) is 5.01 Å². The molecule has 6 nitrogen and oxygen atoms in total. The summed E-state index contributed by atoms with van der Waals surface area (Å²) < 4.78 is 27.5. The van der Waals surface area contributed by atoms with Gasteiger partial charge in [0.05, 0.1) is 15.6 Å². The molecule has 0 atom stereocenters. The van der Waals surface area contributed by atoms with E-state index >= 15 is 0 Å². The second-order valence-electron chi connectivity index (χ2n) is 7.39. The van der Waals surface area contributed by atoms with E-state index in [0.717, 1.165) is 16.3 Å². The summed E-state index contributed by atoms with van der Waals surface area (Å²) in [4.78, 5) is 18.7. The van der Waals surface area contributed by atoms with E-state index in [0.29, 0.717) is 43.3 Å². The molecule has 1 fully saturated rings. The average molecular weight is 476 g/mol. The van der Waals surface area contributed by atoms with E-state index in [1.807, 2.05) is 29.6 Å². The zero-order chi connectivity index (χ0) is 22.0. The van der Waals surface area contributed by atoms with Crippen LogP contribution in [0.4, 0.5) is 0 Å². The lowest BCUT2D eigenvalue weighted by Crippen LogP contribution is -2.48. The molecule has 4 rings (SSSR count). The van der Waals surface area contributed by atoms with Crippen molar-refractivity contribution < 1.29 is 13.2 Å². The Balaban J connectivity index is 1.40. The first-order chi connectivity index (χ1) is 14.8. The van der Waals surface area contributed by atoms with Gasteiger partial charge in [0.15, 0.2) is 5.78 Å². The summed E-state index contributed by atoms with van der Waals surface area (Å²) in [6.07, 6.45) is 0. The second kappa shape index (κ2) is 9.18. The molecule has 1 aromatic heterocycles. The molecule has 1 saturated heterocycles. The molecule has 0 saturated carbocycles. The van der Waals surface area contributed by atoms with E-state index in [1.54, 1.807) is 29.5 Å². The summed E-state index contributed by atoms with van der Waals surface area (Å²) in [5.74, 6) is -0.152. The molecule has 0 unspecified atom stereocenters. The molecule has 0 amide bonds. The molecule has 1 aliphatic rings. The fourth-order valence-electron chi connectivity index (χ4n) is 3.52. The van der Waals surface area contributed by atoms with Crippen molar-refractivity contribution in [2.24, 2.45) is 0 Å². The monoisotopic (exact) mass is 475 g/mol. The highest BCUT2D eigenvalue weighted by atomic mass is 35.5. The lowest BCUT2D eigenvalue weighted by atomic mass is 10.2. The number of benzene rings is 2. The molecule has 9 heteroatoms. The number of rotatable bonds is 6. The smallest absolute Gasteiger partial charge is 0.243 e. The van der Waals surface area contributed by atoms with Crippen LogP contribution in [0.1, 0.15) is 23.0 Å². The standard InChI is InChI=1S/C22H22ClN3O3S2/c1-16(27)17-5-4-6-19(13-17)31(28,29)26-11-9-25(10-12-26)14-18-15-30-22(24-18)20-7-2-3-8-21(20)23/h2-8,13,15H,9-12,14H2,1H3. The summed E-state index contributed by atoms with van der Waals surface area (Å²) in [7, 11) is -3.62. The van der Waals surface area contributed by atoms with Gasteiger partial charge in [0.25, 0.3) is 0 Å². The van der Waals surface area contributed by atoms with Gasteiger partial charge in [-0.05, 0) is 25.1 Å². The molecule has 31 heavy (non-hydrogen) atoms. The predicted octanol–water partition coefficient (Wildman–Crippen LogP) is 4.17. The first kappa shape index (κ1) is 22.1. The maximum Gasteiger partial charge on any atom is 0.243 e. The summed E-state index contributed by atoms with van der Waals surface area (Å²) >= 11 is 7.83. The number of piperazine rings is 1. The molecule has 0 N–H and O–H groups in total. The van der Waals surface area contributed by atoms with Crippen molar-refractivity contribution in [1.82, 2.24) is 14.2 Å². The van der Waals surface area contributed by atoms with Gasteiger partial charge < -0.3 is 0 Å². The Bertz CT molecular complexity index is 1200. The molecular weight excluding hydrogens is 454 g/mol. The van der Waals surface area contributed by atoms with Gasteiger partial charge in [0, 0.05) is 49.2 Å². The number of Topliss-reactive ketones (excluding diaryl/α,β-unsaturated/α-hetero) is 1. The maximum absolute atomic E-state index is 13.0. The Kier molecular flexibility index (Phi) is 6.55. The Morgan fingerprint density at radius 2 is 1.84 bits per heavy atom. The average Bonchev–Trinajstić information content (AvgIpc) is 3.22. The molecule has 0 spiro atoms. The molecule has 1 aliphatic heterocycles. The zero-order valence-corrected chi connectivity index (χ0v) is 19.4. The highest BCUT2D eigenvalue weighted by Crippen LogP contribution is 2.30. The van der Waals surface area contributed by atoms with Crippen molar-refractivity contribution in [3.05, 3.63) is 70.2 Å². The van der Waals surface area contributed by atoms with Crippen LogP contribution in [0.15, 0.2) is 58.8 Å². The molecule has 2 heterocycles. The first-order valence-electron chi connectivity index (χ1n) is 9.87. The van der Waals surface area contributed by atoms with Gasteiger partial charge in [-0.15, -0.1) is 11.3 Å². The van der Waals surface area contributed by atoms with E-state index < -0.39 is 10.0 Å². The SMILES string of the molecule is CC(=O)c1cccc(S(=O)(=O)N2CCN(Cc3csc(-c4ccccc4Cl)n3)CC2)c1.